The van der Waals surface area contributed by atoms with E-state index >= 15 is 0 Å². The van der Waals surface area contributed by atoms with Gasteiger partial charge in [-0.15, -0.1) is 0 Å². The van der Waals surface area contributed by atoms with Gasteiger partial charge >= 0.3 is 13.7 Å². The lowest BCUT2D eigenvalue weighted by molar-refractivity contribution is -0.384. The maximum absolute atomic E-state index is 13.3. The number of esters is 1. The Kier molecular flexibility index (Phi) is 8.03. The van der Waals surface area contributed by atoms with Crippen molar-refractivity contribution in [3.8, 4) is 11.5 Å². The van der Waals surface area contributed by atoms with E-state index in [4.69, 9.17) is 13.8 Å². The second-order valence-corrected chi connectivity index (χ2v) is 8.86. The number of non-ortho nitro benzene ring substituents is 1. The molecule has 1 atom stereocenters. The van der Waals surface area contributed by atoms with Gasteiger partial charge in [-0.25, -0.2) is 4.57 Å². The molecule has 1 unspecified atom stereocenters. The molecule has 1 aliphatic carbocycles. The summed E-state index contributed by atoms with van der Waals surface area (Å²) in [6.07, 6.45) is 5.81. The molecule has 2 aromatic rings. The Bertz CT molecular complexity index is 913. The zero-order valence-corrected chi connectivity index (χ0v) is 17.9. The Morgan fingerprint density at radius 3 is 2.13 bits per heavy atom. The van der Waals surface area contributed by atoms with E-state index < -0.39 is 18.6 Å². The summed E-state index contributed by atoms with van der Waals surface area (Å²) in [7, 11) is -4.04. The third-order valence-corrected chi connectivity index (χ3v) is 6.21. The summed E-state index contributed by atoms with van der Waals surface area (Å²) in [6.45, 7) is -0.367. The standard InChI is InChI=1S/C21H25N2O7P/c24-21(28-18-8-4-1-2-5-9-18)16-22-31(27,29-19-10-6-3-7-11-19)30-20-14-12-17(13-15-20)23(25)26/h3,6-7,10-15,18H,1-2,4-5,8-9,16H2,(H,22,27). The van der Waals surface area contributed by atoms with Gasteiger partial charge in [-0.3, -0.25) is 14.9 Å². The molecule has 0 aliphatic heterocycles. The third-order valence-electron chi connectivity index (χ3n) is 4.76. The molecule has 10 heteroatoms. The molecule has 31 heavy (non-hydrogen) atoms. The Morgan fingerprint density at radius 2 is 1.55 bits per heavy atom. The van der Waals surface area contributed by atoms with Crippen LogP contribution in [0, 0.1) is 10.1 Å². The minimum atomic E-state index is -4.04. The number of hydrogen-bond donors (Lipinski definition) is 1. The fourth-order valence-electron chi connectivity index (χ4n) is 3.22. The maximum atomic E-state index is 13.3. The molecule has 0 radical (unpaired) electrons. The van der Waals surface area contributed by atoms with Crippen LogP contribution < -0.4 is 14.1 Å². The molecule has 0 bridgehead atoms. The number of rotatable bonds is 9. The predicted octanol–water partition coefficient (Wildman–Crippen LogP) is 5.02. The van der Waals surface area contributed by atoms with E-state index in [0.29, 0.717) is 0 Å². The van der Waals surface area contributed by atoms with Gasteiger partial charge in [-0.05, 0) is 49.9 Å². The molecule has 9 nitrogen and oxygen atoms in total. The number of para-hydroxylation sites is 1. The molecule has 3 rings (SSSR count). The fourth-order valence-corrected chi connectivity index (χ4v) is 4.51. The average molecular weight is 448 g/mol. The minimum absolute atomic E-state index is 0.0921. The number of nitro groups is 1. The van der Waals surface area contributed by atoms with Gasteiger partial charge in [0.05, 0.1) is 4.92 Å². The number of benzene rings is 2. The maximum Gasteiger partial charge on any atom is 0.513 e. The van der Waals surface area contributed by atoms with Crippen molar-refractivity contribution >= 4 is 19.4 Å². The second kappa shape index (κ2) is 10.9. The van der Waals surface area contributed by atoms with Crippen molar-refractivity contribution in [1.29, 1.82) is 0 Å². The van der Waals surface area contributed by atoms with Gasteiger partial charge in [0.2, 0.25) is 0 Å². The lowest BCUT2D eigenvalue weighted by Gasteiger charge is -2.21. The summed E-state index contributed by atoms with van der Waals surface area (Å²) >= 11 is 0. The number of ether oxygens (including phenoxy) is 1. The van der Waals surface area contributed by atoms with Gasteiger partial charge < -0.3 is 13.8 Å². The van der Waals surface area contributed by atoms with E-state index in [-0.39, 0.29) is 29.8 Å². The van der Waals surface area contributed by atoms with Crippen LogP contribution in [0.5, 0.6) is 11.5 Å². The summed E-state index contributed by atoms with van der Waals surface area (Å²) in [5, 5.41) is 13.4. The number of carbonyl (C=O) groups excluding carboxylic acids is 1. The monoisotopic (exact) mass is 448 g/mol. The van der Waals surface area contributed by atoms with E-state index in [2.05, 4.69) is 5.09 Å². The average Bonchev–Trinajstić information content (AvgIpc) is 3.02. The number of nitro benzene ring substituents is 1. The Balaban J connectivity index is 1.67. The molecule has 0 saturated heterocycles. The zero-order chi connectivity index (χ0) is 22.1. The summed E-state index contributed by atoms with van der Waals surface area (Å²) in [4.78, 5) is 22.6. The molecule has 1 N–H and O–H groups in total. The predicted molar refractivity (Wildman–Crippen MR) is 114 cm³/mol. The summed E-state index contributed by atoms with van der Waals surface area (Å²) < 4.78 is 29.8. The van der Waals surface area contributed by atoms with Crippen molar-refractivity contribution in [2.45, 2.75) is 44.6 Å². The van der Waals surface area contributed by atoms with Crippen LogP contribution in [0.4, 0.5) is 5.69 Å². The molecule has 1 fully saturated rings. The van der Waals surface area contributed by atoms with Crippen LogP contribution in [0.3, 0.4) is 0 Å². The highest BCUT2D eigenvalue weighted by molar-refractivity contribution is 7.52. The van der Waals surface area contributed by atoms with Gasteiger partial charge in [0.25, 0.3) is 5.69 Å². The zero-order valence-electron chi connectivity index (χ0n) is 17.0. The summed E-state index contributed by atoms with van der Waals surface area (Å²) in [6, 6.07) is 13.4. The number of nitrogens with one attached hydrogen (secondary N) is 1. The van der Waals surface area contributed by atoms with Crippen LogP contribution in [-0.2, 0) is 14.1 Å². The van der Waals surface area contributed by atoms with Crippen molar-refractivity contribution in [2.24, 2.45) is 0 Å². The Hall–Kier alpha value is -2.90. The van der Waals surface area contributed by atoms with Crippen molar-refractivity contribution in [1.82, 2.24) is 5.09 Å². The Labute approximate surface area is 180 Å². The molecule has 0 aromatic heterocycles. The molecule has 0 heterocycles. The SMILES string of the molecule is O=C(CNP(=O)(Oc1ccccc1)Oc1ccc([N+](=O)[O-])cc1)OC1CCCCCC1. The van der Waals surface area contributed by atoms with Gasteiger partial charge in [-0.2, -0.15) is 5.09 Å². The minimum Gasteiger partial charge on any atom is -0.461 e. The Morgan fingerprint density at radius 1 is 0.968 bits per heavy atom. The fraction of sp³-hybridized carbons (Fsp3) is 0.381. The summed E-state index contributed by atoms with van der Waals surface area (Å²) in [5.41, 5.74) is -0.133. The first-order valence-corrected chi connectivity index (χ1v) is 11.7. The van der Waals surface area contributed by atoms with E-state index in [0.717, 1.165) is 38.5 Å². The van der Waals surface area contributed by atoms with Gasteiger partial charge in [0.15, 0.2) is 0 Å². The van der Waals surface area contributed by atoms with Crippen molar-refractivity contribution in [2.75, 3.05) is 6.54 Å². The van der Waals surface area contributed by atoms with Crippen molar-refractivity contribution in [3.63, 3.8) is 0 Å². The van der Waals surface area contributed by atoms with Crippen LogP contribution in [0.1, 0.15) is 38.5 Å². The van der Waals surface area contributed by atoms with Crippen molar-refractivity contribution in [3.05, 3.63) is 64.7 Å². The first-order chi connectivity index (χ1) is 14.9. The largest absolute Gasteiger partial charge is 0.513 e. The topological polar surface area (TPSA) is 117 Å². The number of nitrogens with zero attached hydrogens (tertiary/aromatic N) is 1. The molecule has 166 valence electrons. The molecule has 1 saturated carbocycles. The van der Waals surface area contributed by atoms with E-state index in [1.807, 2.05) is 0 Å². The molecule has 1 aliphatic rings. The number of carbonyl (C=O) groups is 1. The molecular weight excluding hydrogens is 423 g/mol. The van der Waals surface area contributed by atoms with E-state index in [1.165, 1.54) is 24.3 Å². The second-order valence-electron chi connectivity index (χ2n) is 7.18. The molecule has 0 amide bonds. The molecule has 0 spiro atoms. The van der Waals surface area contributed by atoms with Crippen LogP contribution in [0.2, 0.25) is 0 Å². The number of hydrogen-bond acceptors (Lipinski definition) is 7. The quantitative estimate of drug-likeness (QED) is 0.187. The lowest BCUT2D eigenvalue weighted by atomic mass is 10.1. The van der Waals surface area contributed by atoms with Crippen LogP contribution >= 0.6 is 7.75 Å². The van der Waals surface area contributed by atoms with Crippen LogP contribution in [0.25, 0.3) is 0 Å². The highest BCUT2D eigenvalue weighted by atomic mass is 31.2. The summed E-state index contributed by atoms with van der Waals surface area (Å²) in [5.74, 6) is -0.178. The normalized spacial score (nSPS) is 16.5. The first-order valence-electron chi connectivity index (χ1n) is 10.2. The van der Waals surface area contributed by atoms with Crippen LogP contribution in [0.15, 0.2) is 54.6 Å². The first kappa shape index (κ1) is 22.8. The highest BCUT2D eigenvalue weighted by Gasteiger charge is 2.30. The van der Waals surface area contributed by atoms with Gasteiger partial charge in [0.1, 0.15) is 24.1 Å². The van der Waals surface area contributed by atoms with Gasteiger partial charge in [0, 0.05) is 12.1 Å². The highest BCUT2D eigenvalue weighted by Crippen LogP contribution is 2.44. The van der Waals surface area contributed by atoms with E-state index in [9.17, 15) is 19.5 Å². The van der Waals surface area contributed by atoms with Crippen LogP contribution in [-0.4, -0.2) is 23.5 Å². The lowest BCUT2D eigenvalue weighted by Crippen LogP contribution is -2.29. The molecule has 2 aromatic carbocycles. The molecular formula is C21H25N2O7P. The van der Waals surface area contributed by atoms with Crippen molar-refractivity contribution < 1.29 is 28.1 Å². The van der Waals surface area contributed by atoms with Gasteiger partial charge in [-0.1, -0.05) is 31.0 Å². The smallest absolute Gasteiger partial charge is 0.461 e. The third kappa shape index (κ3) is 7.38. The van der Waals surface area contributed by atoms with E-state index in [1.54, 1.807) is 30.3 Å².